The van der Waals surface area contributed by atoms with Crippen molar-refractivity contribution in [2.75, 3.05) is 18.4 Å². The number of rotatable bonds is 20. The number of H-pyrrole nitrogens is 1. The van der Waals surface area contributed by atoms with Gasteiger partial charge in [0.25, 0.3) is 0 Å². The number of aliphatic hydroxyl groups excluding tert-OH is 2. The minimum Gasteiger partial charge on any atom is -0.508 e. The zero-order chi connectivity index (χ0) is 44.2. The van der Waals surface area contributed by atoms with Crippen LogP contribution in [0.15, 0.2) is 107 Å². The number of nitrogens with one attached hydrogen (secondary N) is 6. The SMILES string of the molecule is C[C@@H](O)[C@H](Cc1ncc[nH]1)N[C@H](O)[C@H](Cc1ccccc1)NC(=O)CNC(=O)CCCCCNC(=O)Nc1ccc(-c2c3ccc(=O)cc-3oc3cc(O)ccc23)c(C(=O)O)c1. The van der Waals surface area contributed by atoms with Gasteiger partial charge >= 0.3 is 12.0 Å². The number of phenols is 1. The van der Waals surface area contributed by atoms with Crippen LogP contribution >= 0.6 is 0 Å². The predicted octanol–water partition coefficient (Wildman–Crippen LogP) is 4.12. The Balaban J connectivity index is 0.952. The maximum absolute atomic E-state index is 13.0. The Kier molecular flexibility index (Phi) is 15.0. The summed E-state index contributed by atoms with van der Waals surface area (Å²) in [6.45, 7) is 1.56. The van der Waals surface area contributed by atoms with Crippen molar-refractivity contribution in [3.8, 4) is 28.2 Å². The van der Waals surface area contributed by atoms with Crippen molar-refractivity contribution in [1.82, 2.24) is 31.2 Å². The molecule has 0 unspecified atom stereocenters. The van der Waals surface area contributed by atoms with Crippen LogP contribution < -0.4 is 32.0 Å². The highest BCUT2D eigenvalue weighted by molar-refractivity contribution is 6.08. The molecule has 0 saturated heterocycles. The van der Waals surface area contributed by atoms with E-state index in [0.29, 0.717) is 53.6 Å². The van der Waals surface area contributed by atoms with Crippen LogP contribution in [0.1, 0.15) is 54.4 Å². The van der Waals surface area contributed by atoms with Gasteiger partial charge in [-0.25, -0.2) is 14.6 Å². The molecule has 17 heteroatoms. The molecule has 1 aromatic heterocycles. The second kappa shape index (κ2) is 20.9. The molecular formula is C45H49N7O10. The maximum atomic E-state index is 13.0. The lowest BCUT2D eigenvalue weighted by atomic mass is 9.90. The van der Waals surface area contributed by atoms with Crippen molar-refractivity contribution in [2.45, 2.75) is 69.9 Å². The number of aromatic nitrogens is 2. The minimum atomic E-state index is -1.25. The summed E-state index contributed by atoms with van der Waals surface area (Å²) >= 11 is 0. The Morgan fingerprint density at radius 2 is 1.63 bits per heavy atom. The van der Waals surface area contributed by atoms with E-state index in [0.717, 1.165) is 5.56 Å². The number of amides is 4. The number of benzene rings is 4. The van der Waals surface area contributed by atoms with Crippen molar-refractivity contribution in [1.29, 1.82) is 0 Å². The highest BCUT2D eigenvalue weighted by Gasteiger charge is 2.27. The number of phenolic OH excluding ortho intramolecular Hbond substituents is 1. The zero-order valence-electron chi connectivity index (χ0n) is 33.9. The van der Waals surface area contributed by atoms with Gasteiger partial charge in [0.15, 0.2) is 5.43 Å². The lowest BCUT2D eigenvalue weighted by molar-refractivity contribution is -0.127. The molecule has 17 nitrogen and oxygen atoms in total. The minimum absolute atomic E-state index is 0.0701. The summed E-state index contributed by atoms with van der Waals surface area (Å²) in [5.74, 6) is -1.33. The topological polar surface area (TPSA) is 268 Å². The summed E-state index contributed by atoms with van der Waals surface area (Å²) in [6, 6.07) is 20.4. The lowest BCUT2D eigenvalue weighted by Crippen LogP contribution is -2.57. The Morgan fingerprint density at radius 1 is 0.839 bits per heavy atom. The van der Waals surface area contributed by atoms with Crippen molar-refractivity contribution in [3.63, 3.8) is 0 Å². The van der Waals surface area contributed by atoms with Crippen molar-refractivity contribution in [2.24, 2.45) is 0 Å². The fraction of sp³-hybridized carbons (Fsp3) is 0.289. The summed E-state index contributed by atoms with van der Waals surface area (Å²) in [4.78, 5) is 70.1. The van der Waals surface area contributed by atoms with E-state index in [2.05, 4.69) is 36.6 Å². The fourth-order valence-electron chi connectivity index (χ4n) is 7.09. The van der Waals surface area contributed by atoms with Gasteiger partial charge in [-0.3, -0.25) is 19.7 Å². The molecule has 1 aliphatic heterocycles. The number of carboxylic acid groups (broad SMARTS) is 1. The normalized spacial score (nSPS) is 13.2. The second-order valence-corrected chi connectivity index (χ2v) is 14.9. The Hall–Kier alpha value is -7.08. The first-order valence-corrected chi connectivity index (χ1v) is 20.2. The molecule has 6 rings (SSSR count). The number of unbranched alkanes of at least 4 members (excludes halogenated alkanes) is 2. The van der Waals surface area contributed by atoms with E-state index in [1.807, 2.05) is 30.3 Å². The summed E-state index contributed by atoms with van der Waals surface area (Å²) in [5.41, 5.74) is 2.20. The largest absolute Gasteiger partial charge is 0.508 e. The third-order valence-corrected chi connectivity index (χ3v) is 10.2. The molecule has 4 atom stereocenters. The number of aromatic carboxylic acids is 1. The first-order chi connectivity index (χ1) is 29.8. The van der Waals surface area contributed by atoms with Crippen LogP contribution in [0.25, 0.3) is 33.4 Å². The number of fused-ring (bicyclic) bond motifs is 2. The van der Waals surface area contributed by atoms with Crippen LogP contribution in [0.2, 0.25) is 0 Å². The smallest absolute Gasteiger partial charge is 0.336 e. The number of hydrogen-bond acceptors (Lipinski definition) is 11. The Morgan fingerprint density at radius 3 is 2.37 bits per heavy atom. The number of aromatic hydroxyl groups is 1. The van der Waals surface area contributed by atoms with Gasteiger partial charge in [0.05, 0.1) is 24.3 Å². The monoisotopic (exact) mass is 847 g/mol. The van der Waals surface area contributed by atoms with Gasteiger partial charge < -0.3 is 51.1 Å². The van der Waals surface area contributed by atoms with Gasteiger partial charge in [0.2, 0.25) is 11.8 Å². The maximum Gasteiger partial charge on any atom is 0.336 e. The molecule has 10 N–H and O–H groups in total. The van der Waals surface area contributed by atoms with Crippen LogP contribution in [-0.2, 0) is 22.4 Å². The number of carbonyl (C=O) groups excluding carboxylic acids is 3. The quantitative estimate of drug-likeness (QED) is 0.0296. The number of nitrogens with zero attached hydrogens (tertiary/aromatic N) is 1. The molecule has 2 aliphatic rings. The predicted molar refractivity (Wildman–Crippen MR) is 231 cm³/mol. The van der Waals surface area contributed by atoms with E-state index >= 15 is 0 Å². The van der Waals surface area contributed by atoms with Gasteiger partial charge in [0, 0.05) is 72.2 Å². The number of aromatic amines is 1. The molecule has 0 bridgehead atoms. The molecule has 0 radical (unpaired) electrons. The molecule has 2 heterocycles. The molecule has 3 aromatic carbocycles. The standard InChI is InChI=1S/C45H49N7O10/c1-26(53)35(24-39-46-18-19-47-39)52-43(58)36(20-27-8-4-2-5-9-27)51-41(57)25-49-40(56)10-6-3-7-17-48-45(61)50-28-11-14-31(34(21-28)44(59)60)42-32-15-12-29(54)22-37(32)62-38-23-30(55)13-16-33(38)42/h2,4-5,8-9,11-16,18-19,21-23,26,35-36,43,52-54,58H,3,6-7,10,17,20,24-25H2,1H3,(H,46,47)(H,49,56)(H,51,57)(H,59,60)(H2,48,50,61)/t26-,35+,36+,43-/m1/s1. The summed E-state index contributed by atoms with van der Waals surface area (Å²) in [7, 11) is 0. The lowest BCUT2D eigenvalue weighted by Gasteiger charge is -2.30. The van der Waals surface area contributed by atoms with Crippen LogP contribution in [0.4, 0.5) is 10.5 Å². The van der Waals surface area contributed by atoms with Gasteiger partial charge in [0.1, 0.15) is 29.1 Å². The molecule has 62 heavy (non-hydrogen) atoms. The van der Waals surface area contributed by atoms with Crippen molar-refractivity contribution >= 4 is 40.5 Å². The first-order valence-electron chi connectivity index (χ1n) is 20.2. The Bertz CT molecular complexity index is 2510. The fourth-order valence-corrected chi connectivity index (χ4v) is 7.09. The molecule has 4 amide bonds. The number of carboxylic acids is 1. The number of aliphatic hydroxyl groups is 2. The zero-order valence-corrected chi connectivity index (χ0v) is 33.9. The van der Waals surface area contributed by atoms with Crippen molar-refractivity contribution in [3.05, 3.63) is 124 Å². The first kappa shape index (κ1) is 44.5. The van der Waals surface area contributed by atoms with Gasteiger partial charge in [-0.1, -0.05) is 42.8 Å². The summed E-state index contributed by atoms with van der Waals surface area (Å²) < 4.78 is 5.87. The molecule has 0 saturated carbocycles. The average Bonchev–Trinajstić information content (AvgIpc) is 3.76. The van der Waals surface area contributed by atoms with Gasteiger partial charge in [-0.05, 0) is 73.7 Å². The molecule has 324 valence electrons. The van der Waals surface area contributed by atoms with Crippen LogP contribution in [0.5, 0.6) is 5.75 Å². The van der Waals surface area contributed by atoms with E-state index in [4.69, 9.17) is 4.42 Å². The Labute approximate surface area is 355 Å². The highest BCUT2D eigenvalue weighted by Crippen LogP contribution is 2.42. The van der Waals surface area contributed by atoms with Crippen molar-refractivity contribution < 1.29 is 44.0 Å². The summed E-state index contributed by atoms with van der Waals surface area (Å²) in [6.07, 6.45) is 3.53. The molecule has 4 aromatic rings. The van der Waals surface area contributed by atoms with Gasteiger partial charge in [-0.15, -0.1) is 0 Å². The second-order valence-electron chi connectivity index (χ2n) is 14.9. The van der Waals surface area contributed by atoms with Crippen LogP contribution in [0.3, 0.4) is 0 Å². The average molecular weight is 848 g/mol. The third kappa shape index (κ3) is 12.0. The third-order valence-electron chi connectivity index (χ3n) is 10.2. The number of imidazole rings is 1. The van der Waals surface area contributed by atoms with E-state index in [1.165, 1.54) is 30.3 Å². The highest BCUT2D eigenvalue weighted by atomic mass is 16.4. The van der Waals surface area contributed by atoms with E-state index in [-0.39, 0.29) is 65.6 Å². The number of carbonyl (C=O) groups is 4. The van der Waals surface area contributed by atoms with Gasteiger partial charge in [-0.2, -0.15) is 0 Å². The van der Waals surface area contributed by atoms with E-state index in [9.17, 15) is 44.4 Å². The van der Waals surface area contributed by atoms with Crippen LogP contribution in [0, 0.1) is 0 Å². The molecular weight excluding hydrogens is 799 g/mol. The molecule has 1 aliphatic carbocycles. The molecule has 0 spiro atoms. The number of hydrogen-bond donors (Lipinski definition) is 10. The summed E-state index contributed by atoms with van der Waals surface area (Å²) in [5, 5.41) is 56.1. The van der Waals surface area contributed by atoms with Crippen LogP contribution in [-0.4, -0.2) is 91.7 Å². The molecule has 0 fully saturated rings. The van der Waals surface area contributed by atoms with E-state index < -0.39 is 42.3 Å². The van der Waals surface area contributed by atoms with E-state index in [1.54, 1.807) is 43.6 Å². The number of urea groups is 1. The number of anilines is 1.